The third-order valence-electron chi connectivity index (χ3n) is 7.34. The van der Waals surface area contributed by atoms with Gasteiger partial charge in [0, 0.05) is 17.8 Å². The van der Waals surface area contributed by atoms with Crippen molar-refractivity contribution in [2.45, 2.75) is 52.6 Å². The number of hydrogen-bond donors (Lipinski definition) is 0. The Bertz CT molecular complexity index is 685. The molecule has 0 aromatic rings. The second-order valence-corrected chi connectivity index (χ2v) is 8.49. The van der Waals surface area contributed by atoms with Crippen molar-refractivity contribution in [1.82, 2.24) is 0 Å². The summed E-state index contributed by atoms with van der Waals surface area (Å²) in [5.74, 6) is 1.54. The lowest BCUT2D eigenvalue weighted by Gasteiger charge is -2.54. The van der Waals surface area contributed by atoms with Crippen molar-refractivity contribution in [2.75, 3.05) is 0 Å². The zero-order valence-corrected chi connectivity index (χ0v) is 14.7. The predicted molar refractivity (Wildman–Crippen MR) is 92.1 cm³/mol. The predicted octanol–water partition coefficient (Wildman–Crippen LogP) is 4.00. The van der Waals surface area contributed by atoms with Gasteiger partial charge in [0.15, 0.2) is 5.78 Å². The average molecular weight is 326 g/mol. The summed E-state index contributed by atoms with van der Waals surface area (Å²) >= 11 is 0. The third kappa shape index (κ3) is 2.09. The standard InChI is InChI=1S/C21H26O3/c1-13(22)24-19-7-6-17-16-5-4-14-12-15(23)8-10-20(14,2)18(16)9-11-21(17,19)3/h4-5,8,10,12,16-19H,6-7,9,11H2,1-3H3/t16-,17+,18-,19+,20-,21+/m1/s1. The van der Waals surface area contributed by atoms with Gasteiger partial charge in [0.2, 0.25) is 0 Å². The Morgan fingerprint density at radius 1 is 1.17 bits per heavy atom. The summed E-state index contributed by atoms with van der Waals surface area (Å²) < 4.78 is 5.68. The Balaban J connectivity index is 1.68. The van der Waals surface area contributed by atoms with Crippen LogP contribution in [0.25, 0.3) is 0 Å². The van der Waals surface area contributed by atoms with Crippen molar-refractivity contribution >= 4 is 11.8 Å². The molecule has 2 saturated carbocycles. The Hall–Kier alpha value is -1.64. The molecule has 24 heavy (non-hydrogen) atoms. The summed E-state index contributed by atoms with van der Waals surface area (Å²) in [6.45, 7) is 6.12. The van der Waals surface area contributed by atoms with E-state index in [1.165, 1.54) is 6.92 Å². The van der Waals surface area contributed by atoms with Gasteiger partial charge in [0.25, 0.3) is 0 Å². The van der Waals surface area contributed by atoms with Gasteiger partial charge >= 0.3 is 5.97 Å². The number of carbonyl (C=O) groups is 2. The van der Waals surface area contributed by atoms with E-state index >= 15 is 0 Å². The molecule has 0 amide bonds. The van der Waals surface area contributed by atoms with Gasteiger partial charge in [-0.1, -0.05) is 32.1 Å². The first kappa shape index (κ1) is 15.9. The molecule has 0 spiro atoms. The molecular formula is C21H26O3. The lowest BCUT2D eigenvalue weighted by atomic mass is 9.50. The normalized spacial score (nSPS) is 46.0. The van der Waals surface area contributed by atoms with Crippen LogP contribution in [0, 0.1) is 28.6 Å². The molecule has 3 heteroatoms. The summed E-state index contributed by atoms with van der Waals surface area (Å²) in [6, 6.07) is 0. The number of hydrogen-bond acceptors (Lipinski definition) is 3. The highest BCUT2D eigenvalue weighted by Crippen LogP contribution is 2.63. The van der Waals surface area contributed by atoms with Crippen molar-refractivity contribution in [3.8, 4) is 0 Å². The molecule has 0 bridgehead atoms. The van der Waals surface area contributed by atoms with E-state index in [-0.39, 0.29) is 28.7 Å². The summed E-state index contributed by atoms with van der Waals surface area (Å²) in [5.41, 5.74) is 1.21. The molecule has 0 saturated heterocycles. The van der Waals surface area contributed by atoms with Crippen LogP contribution in [0.1, 0.15) is 46.5 Å². The topological polar surface area (TPSA) is 43.4 Å². The SMILES string of the molecule is CC(=O)O[C@H]1CC[C@H]2[C@H]3C=CC4=CC(=O)C=C[C@@]4(C)[C@@H]3CC[C@]12C. The van der Waals surface area contributed by atoms with Crippen LogP contribution in [0.4, 0.5) is 0 Å². The van der Waals surface area contributed by atoms with Gasteiger partial charge in [0.05, 0.1) is 0 Å². The minimum Gasteiger partial charge on any atom is -0.462 e. The van der Waals surface area contributed by atoms with Gasteiger partial charge in [-0.2, -0.15) is 0 Å². The monoisotopic (exact) mass is 326 g/mol. The van der Waals surface area contributed by atoms with Gasteiger partial charge in [-0.25, -0.2) is 0 Å². The van der Waals surface area contributed by atoms with E-state index in [9.17, 15) is 9.59 Å². The first-order valence-corrected chi connectivity index (χ1v) is 9.15. The van der Waals surface area contributed by atoms with Gasteiger partial charge in [-0.05, 0) is 61.2 Å². The molecule has 0 aliphatic heterocycles. The minimum absolute atomic E-state index is 0.0336. The second-order valence-electron chi connectivity index (χ2n) is 8.49. The van der Waals surface area contributed by atoms with Crippen molar-refractivity contribution < 1.29 is 14.3 Å². The maximum atomic E-state index is 11.8. The summed E-state index contributed by atoms with van der Waals surface area (Å²) in [7, 11) is 0. The molecule has 0 unspecified atom stereocenters. The third-order valence-corrected chi connectivity index (χ3v) is 7.34. The Morgan fingerprint density at radius 3 is 2.71 bits per heavy atom. The molecule has 0 aromatic carbocycles. The Morgan fingerprint density at radius 2 is 1.96 bits per heavy atom. The lowest BCUT2D eigenvalue weighted by Crippen LogP contribution is -2.49. The highest BCUT2D eigenvalue weighted by molar-refractivity contribution is 6.01. The van der Waals surface area contributed by atoms with Crippen LogP contribution in [-0.4, -0.2) is 17.9 Å². The number of carbonyl (C=O) groups excluding carboxylic acids is 2. The number of ketones is 1. The van der Waals surface area contributed by atoms with E-state index in [4.69, 9.17) is 4.74 Å². The zero-order chi connectivity index (χ0) is 17.1. The molecular weight excluding hydrogens is 300 g/mol. The largest absolute Gasteiger partial charge is 0.462 e. The van der Waals surface area contributed by atoms with E-state index in [1.54, 1.807) is 12.2 Å². The number of esters is 1. The van der Waals surface area contributed by atoms with Gasteiger partial charge in [-0.3, -0.25) is 9.59 Å². The number of fused-ring (bicyclic) bond motifs is 5. The highest BCUT2D eigenvalue weighted by Gasteiger charge is 2.58. The molecule has 128 valence electrons. The van der Waals surface area contributed by atoms with Crippen LogP contribution in [-0.2, 0) is 14.3 Å². The molecule has 2 fully saturated rings. The quantitative estimate of drug-likeness (QED) is 0.684. The summed E-state index contributed by atoms with van der Waals surface area (Å²) in [5, 5.41) is 0. The van der Waals surface area contributed by atoms with E-state index in [1.807, 2.05) is 0 Å². The molecule has 6 atom stereocenters. The first-order valence-electron chi connectivity index (χ1n) is 9.15. The minimum atomic E-state index is -0.158. The average Bonchev–Trinajstić information content (AvgIpc) is 2.84. The van der Waals surface area contributed by atoms with E-state index in [0.717, 1.165) is 31.3 Å². The number of rotatable bonds is 1. The van der Waals surface area contributed by atoms with Gasteiger partial charge < -0.3 is 4.74 Å². The molecule has 4 aliphatic carbocycles. The van der Waals surface area contributed by atoms with Crippen LogP contribution >= 0.6 is 0 Å². The fourth-order valence-corrected chi connectivity index (χ4v) is 6.00. The fraction of sp³-hybridized carbons (Fsp3) is 0.619. The summed E-state index contributed by atoms with van der Waals surface area (Å²) in [6.07, 6.45) is 14.6. The first-order chi connectivity index (χ1) is 11.3. The Labute approximate surface area is 143 Å². The number of allylic oxidation sites excluding steroid dienone is 6. The van der Waals surface area contributed by atoms with Gasteiger partial charge in [-0.15, -0.1) is 0 Å². The maximum Gasteiger partial charge on any atom is 0.302 e. The zero-order valence-electron chi connectivity index (χ0n) is 14.7. The van der Waals surface area contributed by atoms with Crippen LogP contribution in [0.5, 0.6) is 0 Å². The Kier molecular flexibility index (Phi) is 3.42. The lowest BCUT2D eigenvalue weighted by molar-refractivity contribution is -0.155. The van der Waals surface area contributed by atoms with Crippen LogP contribution in [0.15, 0.2) is 36.0 Å². The second kappa shape index (κ2) is 5.18. The molecule has 0 radical (unpaired) electrons. The van der Waals surface area contributed by atoms with Crippen molar-refractivity contribution in [2.24, 2.45) is 28.6 Å². The van der Waals surface area contributed by atoms with Crippen molar-refractivity contribution in [3.05, 3.63) is 36.0 Å². The van der Waals surface area contributed by atoms with E-state index < -0.39 is 0 Å². The van der Waals surface area contributed by atoms with Crippen molar-refractivity contribution in [1.29, 1.82) is 0 Å². The van der Waals surface area contributed by atoms with Gasteiger partial charge in [0.1, 0.15) is 6.10 Å². The molecule has 0 aromatic heterocycles. The van der Waals surface area contributed by atoms with E-state index in [2.05, 4.69) is 32.1 Å². The maximum absolute atomic E-state index is 11.8. The highest BCUT2D eigenvalue weighted by atomic mass is 16.5. The molecule has 0 heterocycles. The number of ether oxygens (including phenoxy) is 1. The molecule has 4 aliphatic rings. The van der Waals surface area contributed by atoms with Crippen LogP contribution in [0.2, 0.25) is 0 Å². The van der Waals surface area contributed by atoms with Crippen molar-refractivity contribution in [3.63, 3.8) is 0 Å². The van der Waals surface area contributed by atoms with E-state index in [0.29, 0.717) is 17.8 Å². The smallest absolute Gasteiger partial charge is 0.302 e. The molecule has 4 rings (SSSR count). The fourth-order valence-electron chi connectivity index (χ4n) is 6.00. The van der Waals surface area contributed by atoms with Crippen LogP contribution < -0.4 is 0 Å². The molecule has 3 nitrogen and oxygen atoms in total. The summed E-state index contributed by atoms with van der Waals surface area (Å²) in [4.78, 5) is 23.2. The molecule has 0 N–H and O–H groups in total. The van der Waals surface area contributed by atoms with Crippen LogP contribution in [0.3, 0.4) is 0 Å².